The van der Waals surface area contributed by atoms with E-state index in [4.69, 9.17) is 9.47 Å². The van der Waals surface area contributed by atoms with Gasteiger partial charge in [0.25, 0.3) is 0 Å². The number of ether oxygens (including phenoxy) is 2. The standard InChI is InChI=1S/C13H19BrO2/c1-10(2)6-7-16-12-5-4-11(9-14)8-13(12)15-3/h4-5,8,10H,6-7,9H2,1-3H3. The largest absolute Gasteiger partial charge is 0.493 e. The molecule has 2 nitrogen and oxygen atoms in total. The number of hydrogen-bond donors (Lipinski definition) is 0. The number of alkyl halides is 1. The molecule has 0 aliphatic carbocycles. The summed E-state index contributed by atoms with van der Waals surface area (Å²) in [5.41, 5.74) is 1.19. The van der Waals surface area contributed by atoms with Crippen LogP contribution in [0.3, 0.4) is 0 Å². The molecule has 0 saturated heterocycles. The first-order valence-corrected chi connectivity index (χ1v) is 6.65. The summed E-state index contributed by atoms with van der Waals surface area (Å²) in [6, 6.07) is 6.01. The monoisotopic (exact) mass is 286 g/mol. The van der Waals surface area contributed by atoms with Crippen molar-refractivity contribution in [1.29, 1.82) is 0 Å². The van der Waals surface area contributed by atoms with Gasteiger partial charge in [-0.15, -0.1) is 0 Å². The molecule has 0 saturated carbocycles. The molecule has 16 heavy (non-hydrogen) atoms. The third-order valence-electron chi connectivity index (χ3n) is 2.34. The normalized spacial score (nSPS) is 10.6. The summed E-state index contributed by atoms with van der Waals surface area (Å²) in [5, 5.41) is 0.829. The molecule has 0 fully saturated rings. The van der Waals surface area contributed by atoms with Gasteiger partial charge in [-0.2, -0.15) is 0 Å². The highest BCUT2D eigenvalue weighted by molar-refractivity contribution is 9.08. The van der Waals surface area contributed by atoms with Crippen LogP contribution in [0.15, 0.2) is 18.2 Å². The SMILES string of the molecule is COc1cc(CBr)ccc1OCCC(C)C. The first-order chi connectivity index (χ1) is 7.67. The molecule has 0 amide bonds. The van der Waals surface area contributed by atoms with Crippen LogP contribution in [-0.4, -0.2) is 13.7 Å². The Bertz CT molecular complexity index is 324. The van der Waals surface area contributed by atoms with E-state index in [1.54, 1.807) is 7.11 Å². The molecule has 0 aliphatic heterocycles. The Morgan fingerprint density at radius 3 is 2.56 bits per heavy atom. The number of benzene rings is 1. The number of methoxy groups -OCH3 is 1. The number of hydrogen-bond acceptors (Lipinski definition) is 2. The fourth-order valence-electron chi connectivity index (χ4n) is 1.32. The maximum Gasteiger partial charge on any atom is 0.161 e. The molecule has 90 valence electrons. The zero-order valence-electron chi connectivity index (χ0n) is 10.1. The first-order valence-electron chi connectivity index (χ1n) is 5.53. The predicted molar refractivity (Wildman–Crippen MR) is 70.6 cm³/mol. The molecular weight excluding hydrogens is 268 g/mol. The lowest BCUT2D eigenvalue weighted by atomic mass is 10.1. The van der Waals surface area contributed by atoms with Gasteiger partial charge < -0.3 is 9.47 Å². The zero-order valence-corrected chi connectivity index (χ0v) is 11.7. The third-order valence-corrected chi connectivity index (χ3v) is 2.98. The van der Waals surface area contributed by atoms with Gasteiger partial charge in [-0.25, -0.2) is 0 Å². The topological polar surface area (TPSA) is 18.5 Å². The van der Waals surface area contributed by atoms with Crippen molar-refractivity contribution in [3.8, 4) is 11.5 Å². The highest BCUT2D eigenvalue weighted by Gasteiger charge is 2.05. The molecule has 3 heteroatoms. The van der Waals surface area contributed by atoms with Crippen LogP contribution >= 0.6 is 15.9 Å². The number of halogens is 1. The Morgan fingerprint density at radius 1 is 1.25 bits per heavy atom. The molecule has 1 aromatic rings. The quantitative estimate of drug-likeness (QED) is 0.736. The van der Waals surface area contributed by atoms with Gasteiger partial charge in [-0.1, -0.05) is 35.8 Å². The van der Waals surface area contributed by atoms with E-state index in [1.165, 1.54) is 5.56 Å². The Kier molecular flexibility index (Phi) is 5.67. The second-order valence-electron chi connectivity index (χ2n) is 4.15. The molecule has 1 aromatic carbocycles. The Morgan fingerprint density at radius 2 is 2.00 bits per heavy atom. The summed E-state index contributed by atoms with van der Waals surface area (Å²) in [5.74, 6) is 2.29. The maximum atomic E-state index is 5.70. The van der Waals surface area contributed by atoms with Gasteiger partial charge >= 0.3 is 0 Å². The van der Waals surface area contributed by atoms with Crippen molar-refractivity contribution in [2.75, 3.05) is 13.7 Å². The molecule has 1 rings (SSSR count). The highest BCUT2D eigenvalue weighted by Crippen LogP contribution is 2.29. The van der Waals surface area contributed by atoms with Crippen molar-refractivity contribution in [2.45, 2.75) is 25.6 Å². The first kappa shape index (κ1) is 13.4. The van der Waals surface area contributed by atoms with Crippen molar-refractivity contribution in [1.82, 2.24) is 0 Å². The van der Waals surface area contributed by atoms with E-state index in [-0.39, 0.29) is 0 Å². The molecule has 0 aromatic heterocycles. The fraction of sp³-hybridized carbons (Fsp3) is 0.538. The van der Waals surface area contributed by atoms with Crippen LogP contribution in [-0.2, 0) is 5.33 Å². The van der Waals surface area contributed by atoms with Gasteiger partial charge in [0.2, 0.25) is 0 Å². The lowest BCUT2D eigenvalue weighted by Crippen LogP contribution is -2.02. The highest BCUT2D eigenvalue weighted by atomic mass is 79.9. The average molecular weight is 287 g/mol. The van der Waals surface area contributed by atoms with Gasteiger partial charge in [-0.05, 0) is 30.0 Å². The average Bonchev–Trinajstić information content (AvgIpc) is 2.29. The van der Waals surface area contributed by atoms with Crippen LogP contribution in [0.1, 0.15) is 25.8 Å². The molecular formula is C13H19BrO2. The van der Waals surface area contributed by atoms with Crippen molar-refractivity contribution >= 4 is 15.9 Å². The molecule has 0 spiro atoms. The summed E-state index contributed by atoms with van der Waals surface area (Å²) < 4.78 is 11.0. The Hall–Kier alpha value is -0.700. The predicted octanol–water partition coefficient (Wildman–Crippen LogP) is 4.02. The molecule has 0 aliphatic rings. The van der Waals surface area contributed by atoms with Gasteiger partial charge in [0, 0.05) is 5.33 Å². The van der Waals surface area contributed by atoms with Crippen LogP contribution in [0.4, 0.5) is 0 Å². The van der Waals surface area contributed by atoms with E-state index < -0.39 is 0 Å². The molecule has 0 heterocycles. The Labute approximate surface area is 106 Å². The molecule has 0 bridgehead atoms. The summed E-state index contributed by atoms with van der Waals surface area (Å²) in [6.45, 7) is 5.12. The zero-order chi connectivity index (χ0) is 12.0. The smallest absolute Gasteiger partial charge is 0.161 e. The molecule has 0 radical (unpaired) electrons. The summed E-state index contributed by atoms with van der Waals surface area (Å²) in [7, 11) is 1.67. The fourth-order valence-corrected chi connectivity index (χ4v) is 1.67. The van der Waals surface area contributed by atoms with Gasteiger partial charge in [-0.3, -0.25) is 0 Å². The summed E-state index contributed by atoms with van der Waals surface area (Å²) >= 11 is 3.42. The second kappa shape index (κ2) is 6.79. The van der Waals surface area contributed by atoms with E-state index in [1.807, 2.05) is 18.2 Å². The van der Waals surface area contributed by atoms with E-state index in [0.29, 0.717) is 5.92 Å². The van der Waals surface area contributed by atoms with Gasteiger partial charge in [0.05, 0.1) is 13.7 Å². The van der Waals surface area contributed by atoms with Crippen molar-refractivity contribution in [3.05, 3.63) is 23.8 Å². The van der Waals surface area contributed by atoms with E-state index in [9.17, 15) is 0 Å². The summed E-state index contributed by atoms with van der Waals surface area (Å²) in [4.78, 5) is 0. The van der Waals surface area contributed by atoms with Crippen molar-refractivity contribution < 1.29 is 9.47 Å². The van der Waals surface area contributed by atoms with Crippen LogP contribution in [0.5, 0.6) is 11.5 Å². The maximum absolute atomic E-state index is 5.70. The summed E-state index contributed by atoms with van der Waals surface area (Å²) in [6.07, 6.45) is 1.06. The van der Waals surface area contributed by atoms with Gasteiger partial charge in [0.15, 0.2) is 11.5 Å². The number of rotatable bonds is 6. The van der Waals surface area contributed by atoms with Crippen molar-refractivity contribution in [3.63, 3.8) is 0 Å². The van der Waals surface area contributed by atoms with Crippen LogP contribution < -0.4 is 9.47 Å². The second-order valence-corrected chi connectivity index (χ2v) is 4.71. The minimum atomic E-state index is 0.660. The third kappa shape index (κ3) is 4.05. The molecule has 0 unspecified atom stereocenters. The van der Waals surface area contributed by atoms with E-state index in [2.05, 4.69) is 29.8 Å². The van der Waals surface area contributed by atoms with Crippen LogP contribution in [0, 0.1) is 5.92 Å². The minimum Gasteiger partial charge on any atom is -0.493 e. The lowest BCUT2D eigenvalue weighted by molar-refractivity contribution is 0.273. The lowest BCUT2D eigenvalue weighted by Gasteiger charge is -2.12. The Balaban J connectivity index is 2.64. The van der Waals surface area contributed by atoms with Gasteiger partial charge in [0.1, 0.15) is 0 Å². The van der Waals surface area contributed by atoms with Crippen LogP contribution in [0.2, 0.25) is 0 Å². The molecule has 0 N–H and O–H groups in total. The molecule has 0 atom stereocenters. The van der Waals surface area contributed by atoms with E-state index in [0.717, 1.165) is 29.9 Å². The van der Waals surface area contributed by atoms with E-state index >= 15 is 0 Å². The van der Waals surface area contributed by atoms with Crippen molar-refractivity contribution in [2.24, 2.45) is 5.92 Å². The van der Waals surface area contributed by atoms with Crippen LogP contribution in [0.25, 0.3) is 0 Å². The minimum absolute atomic E-state index is 0.660.